The molecule has 0 amide bonds. The first-order valence-electron chi connectivity index (χ1n) is 8.75. The maximum Gasteiger partial charge on any atom is 0.331 e. The maximum atomic E-state index is 9.80. The van der Waals surface area contributed by atoms with Gasteiger partial charge in [0.2, 0.25) is 0 Å². The summed E-state index contributed by atoms with van der Waals surface area (Å²) in [5.74, 6) is 0. The molecule has 0 bridgehead atoms. The topological polar surface area (TPSA) is 56.5 Å². The van der Waals surface area contributed by atoms with Crippen molar-refractivity contribution in [3.05, 3.63) is 11.4 Å². The zero-order valence-corrected chi connectivity index (χ0v) is 15.1. The van der Waals surface area contributed by atoms with E-state index in [4.69, 9.17) is 9.39 Å². The van der Waals surface area contributed by atoms with E-state index in [0.717, 1.165) is 49.0 Å². The Morgan fingerprint density at radius 1 is 1.30 bits per heavy atom. The summed E-state index contributed by atoms with van der Waals surface area (Å²) in [5, 5.41) is 14.5. The van der Waals surface area contributed by atoms with E-state index in [9.17, 15) is 5.11 Å². The van der Waals surface area contributed by atoms with Crippen LogP contribution in [0, 0.1) is 12.3 Å². The highest BCUT2D eigenvalue weighted by atomic mass is 16.5. The predicted octanol–water partition coefficient (Wildman–Crippen LogP) is 2.42. The number of nitrogens with zero attached hydrogens (tertiary/aromatic N) is 2. The number of aliphatic hydroxyl groups is 1. The molecule has 2 saturated heterocycles. The summed E-state index contributed by atoms with van der Waals surface area (Å²) < 4.78 is 14.2. The normalized spacial score (nSPS) is 26.7. The standard InChI is InChI=1S/C17H29BN2O3/c1-12-15(18-11-16(2,3)17(4,5)23-18)13(10-21)19-20(12)14-8-6-7-9-22-14/h14,21H,6-11H2,1-5H3. The van der Waals surface area contributed by atoms with E-state index < -0.39 is 0 Å². The smallest absolute Gasteiger partial charge is 0.331 e. The van der Waals surface area contributed by atoms with E-state index in [0.29, 0.717) is 0 Å². The summed E-state index contributed by atoms with van der Waals surface area (Å²) in [6.45, 7) is 11.6. The molecule has 0 aliphatic carbocycles. The summed E-state index contributed by atoms with van der Waals surface area (Å²) in [5.41, 5.74) is 2.75. The highest BCUT2D eigenvalue weighted by Crippen LogP contribution is 2.45. The van der Waals surface area contributed by atoms with Crippen LogP contribution >= 0.6 is 0 Å². The largest absolute Gasteiger partial charge is 0.425 e. The van der Waals surface area contributed by atoms with Gasteiger partial charge in [-0.25, -0.2) is 4.68 Å². The minimum Gasteiger partial charge on any atom is -0.425 e. The van der Waals surface area contributed by atoms with Crippen LogP contribution in [0.4, 0.5) is 0 Å². The minimum atomic E-state index is -0.194. The molecule has 5 nitrogen and oxygen atoms in total. The second-order valence-corrected chi connectivity index (χ2v) is 8.07. The molecule has 1 atom stereocenters. The first-order chi connectivity index (χ1) is 10.8. The predicted molar refractivity (Wildman–Crippen MR) is 90.9 cm³/mol. The molecule has 1 aromatic heterocycles. The second kappa shape index (κ2) is 5.90. The van der Waals surface area contributed by atoms with Crippen molar-refractivity contribution >= 4 is 12.4 Å². The van der Waals surface area contributed by atoms with Crippen LogP contribution < -0.4 is 5.46 Å². The summed E-state index contributed by atoms with van der Waals surface area (Å²) in [7, 11) is 0. The zero-order valence-electron chi connectivity index (χ0n) is 15.1. The molecule has 23 heavy (non-hydrogen) atoms. The van der Waals surface area contributed by atoms with Crippen LogP contribution in [-0.2, 0) is 16.0 Å². The van der Waals surface area contributed by atoms with Gasteiger partial charge in [0.05, 0.1) is 17.9 Å². The van der Waals surface area contributed by atoms with Gasteiger partial charge in [-0.2, -0.15) is 5.10 Å². The van der Waals surface area contributed by atoms with E-state index in [1.54, 1.807) is 0 Å². The zero-order chi connectivity index (χ0) is 16.8. The molecule has 3 heterocycles. The van der Waals surface area contributed by atoms with E-state index in [-0.39, 0.29) is 30.8 Å². The molecule has 2 fully saturated rings. The van der Waals surface area contributed by atoms with Crippen LogP contribution in [0.5, 0.6) is 0 Å². The number of aliphatic hydroxyl groups excluding tert-OH is 1. The molecule has 0 radical (unpaired) electrons. The van der Waals surface area contributed by atoms with Gasteiger partial charge in [-0.15, -0.1) is 0 Å². The van der Waals surface area contributed by atoms with Gasteiger partial charge in [0, 0.05) is 12.3 Å². The highest BCUT2D eigenvalue weighted by Gasteiger charge is 2.51. The molecule has 0 aromatic carbocycles. The molecule has 1 unspecified atom stereocenters. The summed E-state index contributed by atoms with van der Waals surface area (Å²) >= 11 is 0. The molecule has 128 valence electrons. The van der Waals surface area contributed by atoms with Crippen molar-refractivity contribution in [1.29, 1.82) is 0 Å². The molecule has 1 N–H and O–H groups in total. The van der Waals surface area contributed by atoms with Crippen molar-refractivity contribution in [2.75, 3.05) is 6.61 Å². The summed E-state index contributed by atoms with van der Waals surface area (Å²) in [6.07, 6.45) is 4.18. The number of hydrogen-bond acceptors (Lipinski definition) is 4. The van der Waals surface area contributed by atoms with Crippen molar-refractivity contribution in [2.24, 2.45) is 5.41 Å². The van der Waals surface area contributed by atoms with Crippen LogP contribution in [0.2, 0.25) is 6.32 Å². The fraction of sp³-hybridized carbons (Fsp3) is 0.824. The number of hydrogen-bond donors (Lipinski definition) is 1. The lowest BCUT2D eigenvalue weighted by atomic mass is 9.53. The van der Waals surface area contributed by atoms with Crippen molar-refractivity contribution in [3.63, 3.8) is 0 Å². The lowest BCUT2D eigenvalue weighted by Crippen LogP contribution is -2.37. The fourth-order valence-electron chi connectivity index (χ4n) is 3.75. The van der Waals surface area contributed by atoms with E-state index in [1.807, 2.05) is 4.68 Å². The lowest BCUT2D eigenvalue weighted by molar-refractivity contribution is -0.0409. The van der Waals surface area contributed by atoms with Gasteiger partial charge in [-0.3, -0.25) is 0 Å². The lowest BCUT2D eigenvalue weighted by Gasteiger charge is -2.34. The Morgan fingerprint density at radius 3 is 2.57 bits per heavy atom. The van der Waals surface area contributed by atoms with Crippen molar-refractivity contribution in [2.45, 2.75) is 78.6 Å². The Balaban J connectivity index is 1.95. The van der Waals surface area contributed by atoms with Gasteiger partial charge < -0.3 is 14.5 Å². The van der Waals surface area contributed by atoms with E-state index in [2.05, 4.69) is 39.7 Å². The molecule has 0 spiro atoms. The first-order valence-corrected chi connectivity index (χ1v) is 8.75. The number of aromatic nitrogens is 2. The van der Waals surface area contributed by atoms with Crippen molar-refractivity contribution < 1.29 is 14.5 Å². The molecular formula is C17H29BN2O3. The third kappa shape index (κ3) is 2.85. The second-order valence-electron chi connectivity index (χ2n) is 8.07. The van der Waals surface area contributed by atoms with E-state index in [1.165, 1.54) is 0 Å². The van der Waals surface area contributed by atoms with Crippen LogP contribution in [0.25, 0.3) is 0 Å². The third-order valence-electron chi connectivity index (χ3n) is 5.94. The van der Waals surface area contributed by atoms with Gasteiger partial charge in [0.25, 0.3) is 0 Å². The Kier molecular flexibility index (Phi) is 4.36. The Bertz CT molecular complexity index is 561. The third-order valence-corrected chi connectivity index (χ3v) is 5.94. The van der Waals surface area contributed by atoms with Gasteiger partial charge in [-0.05, 0) is 57.2 Å². The van der Waals surface area contributed by atoms with Crippen LogP contribution in [0.3, 0.4) is 0 Å². The molecule has 3 rings (SSSR count). The molecule has 1 aromatic rings. The quantitative estimate of drug-likeness (QED) is 0.869. The highest BCUT2D eigenvalue weighted by molar-refractivity contribution is 6.69. The summed E-state index contributed by atoms with van der Waals surface area (Å²) in [6, 6.07) is 0. The van der Waals surface area contributed by atoms with Gasteiger partial charge in [0.15, 0.2) is 0 Å². The van der Waals surface area contributed by atoms with E-state index >= 15 is 0 Å². The van der Waals surface area contributed by atoms with Crippen LogP contribution in [0.1, 0.15) is 64.6 Å². The first kappa shape index (κ1) is 17.0. The number of rotatable bonds is 3. The molecule has 2 aliphatic rings. The minimum absolute atomic E-state index is 0.00905. The monoisotopic (exact) mass is 320 g/mol. The Labute approximate surface area is 139 Å². The molecule has 0 saturated carbocycles. The maximum absolute atomic E-state index is 9.80. The van der Waals surface area contributed by atoms with Gasteiger partial charge in [-0.1, -0.05) is 13.8 Å². The Morgan fingerprint density at radius 2 is 2.04 bits per heavy atom. The van der Waals surface area contributed by atoms with Gasteiger partial charge >= 0.3 is 6.92 Å². The average molecular weight is 320 g/mol. The average Bonchev–Trinajstić information content (AvgIpc) is 2.93. The van der Waals surface area contributed by atoms with Crippen molar-refractivity contribution in [3.8, 4) is 0 Å². The SMILES string of the molecule is Cc1c(B2CC(C)(C)C(C)(C)O2)c(CO)nn1C1CCCCO1. The molecular weight excluding hydrogens is 291 g/mol. The molecule has 6 heteroatoms. The van der Waals surface area contributed by atoms with Crippen molar-refractivity contribution in [1.82, 2.24) is 9.78 Å². The van der Waals surface area contributed by atoms with Gasteiger partial charge in [0.1, 0.15) is 6.23 Å². The molecule has 2 aliphatic heterocycles. The van der Waals surface area contributed by atoms with Crippen LogP contribution in [-0.4, -0.2) is 34.0 Å². The summed E-state index contributed by atoms with van der Waals surface area (Å²) in [4.78, 5) is 0. The fourth-order valence-corrected chi connectivity index (χ4v) is 3.75. The Hall–Kier alpha value is -0.845. The number of ether oxygens (including phenoxy) is 1. The van der Waals surface area contributed by atoms with Crippen LogP contribution in [0.15, 0.2) is 0 Å².